The fourth-order valence-corrected chi connectivity index (χ4v) is 0.284. The lowest BCUT2D eigenvalue weighted by Gasteiger charge is -1.95. The summed E-state index contributed by atoms with van der Waals surface area (Å²) >= 11 is 3.84. The average Bonchev–Trinajstić information content (AvgIpc) is 1.66. The summed E-state index contributed by atoms with van der Waals surface area (Å²) in [5, 5.41) is 0. The summed E-state index contributed by atoms with van der Waals surface area (Å²) < 4.78 is 0. The molecule has 5 heteroatoms. The Hall–Kier alpha value is -0.420. The van der Waals surface area contributed by atoms with Crippen LogP contribution in [0.5, 0.6) is 0 Å². The maximum atomic E-state index is 9.87. The van der Waals surface area contributed by atoms with Crippen molar-refractivity contribution in [2.24, 2.45) is 5.73 Å². The fraction of sp³-hybridized carbons (Fsp3) is 0.667. The lowest BCUT2D eigenvalue weighted by Crippen LogP contribution is -2.36. The number of nitrogens with two attached hydrogens (primary N) is 1. The summed E-state index contributed by atoms with van der Waals surface area (Å²) in [4.78, 5) is 9.87. The summed E-state index contributed by atoms with van der Waals surface area (Å²) in [6, 6.07) is -0.633. The highest BCUT2D eigenvalue weighted by molar-refractivity contribution is 7.80. The van der Waals surface area contributed by atoms with Gasteiger partial charge in [-0.05, 0) is 0 Å². The molecule has 0 spiro atoms. The molecule has 3 N–H and O–H groups in total. The van der Waals surface area contributed by atoms with E-state index >= 15 is 0 Å². The third kappa shape index (κ3) is 5.58. The van der Waals surface area contributed by atoms with Crippen LogP contribution in [0.3, 0.4) is 0 Å². The molecule has 0 heterocycles. The minimum absolute atomic E-state index is 0.492. The topological polar surface area (TPSA) is 69.2 Å². The molecule has 8 heavy (non-hydrogen) atoms. The maximum Gasteiger partial charge on any atom is 0.327 e. The number of nitrogens with one attached hydrogen (secondary N) is 1. The predicted molar refractivity (Wildman–Crippen MR) is 33.6 cm³/mol. The number of primary amides is 1. The van der Waals surface area contributed by atoms with Gasteiger partial charge in [0.1, 0.15) is 0 Å². The lowest BCUT2D eigenvalue weighted by molar-refractivity contribution is 0.244. The van der Waals surface area contributed by atoms with Crippen molar-refractivity contribution in [1.29, 1.82) is 0 Å². The van der Waals surface area contributed by atoms with Crippen molar-refractivity contribution in [3.05, 3.63) is 0 Å². The molecule has 0 rings (SSSR count). The first-order valence-corrected chi connectivity index (χ1v) is 2.73. The van der Waals surface area contributed by atoms with Gasteiger partial charge in [0, 0.05) is 12.3 Å². The van der Waals surface area contributed by atoms with Gasteiger partial charge in [-0.15, -0.1) is 5.43 Å². The highest BCUT2D eigenvalue weighted by atomic mass is 32.1. The molecular weight excluding hydrogens is 126 g/mol. The Morgan fingerprint density at radius 2 is 2.50 bits per heavy atom. The minimum atomic E-state index is -0.633. The van der Waals surface area contributed by atoms with E-state index in [2.05, 4.69) is 29.2 Å². The molecule has 0 saturated heterocycles. The van der Waals surface area contributed by atoms with Crippen LogP contribution in [0.1, 0.15) is 0 Å². The molecule has 0 fully saturated rings. The third-order valence-corrected chi connectivity index (χ3v) is 0.601. The van der Waals surface area contributed by atoms with E-state index in [1.165, 1.54) is 0 Å². The Morgan fingerprint density at radius 1 is 1.88 bits per heavy atom. The normalized spacial score (nSPS) is 8.62. The van der Waals surface area contributed by atoms with Crippen molar-refractivity contribution in [2.45, 2.75) is 0 Å². The number of rotatable bonds is 3. The lowest BCUT2D eigenvalue weighted by atomic mass is 10.8. The van der Waals surface area contributed by atoms with Crippen LogP contribution >= 0.6 is 12.6 Å². The van der Waals surface area contributed by atoms with E-state index in [4.69, 9.17) is 0 Å². The van der Waals surface area contributed by atoms with Gasteiger partial charge < -0.3 is 5.73 Å². The van der Waals surface area contributed by atoms with Crippen LogP contribution in [0.15, 0.2) is 0 Å². The molecule has 47 valence electrons. The molecule has 0 aliphatic rings. The monoisotopic (exact) mass is 134 g/mol. The number of thiol groups is 1. The van der Waals surface area contributed by atoms with E-state index in [9.17, 15) is 4.79 Å². The van der Waals surface area contributed by atoms with Crippen LogP contribution in [-0.2, 0) is 0 Å². The van der Waals surface area contributed by atoms with E-state index in [-0.39, 0.29) is 0 Å². The smallest absolute Gasteiger partial charge is 0.327 e. The summed E-state index contributed by atoms with van der Waals surface area (Å²) in [6.45, 7) is 0.492. The number of carbonyl (C=O) groups is 1. The van der Waals surface area contributed by atoms with E-state index in [0.29, 0.717) is 12.3 Å². The van der Waals surface area contributed by atoms with Crippen LogP contribution in [0.25, 0.3) is 0 Å². The first-order valence-electron chi connectivity index (χ1n) is 2.10. The number of amides is 2. The molecule has 0 aromatic rings. The van der Waals surface area contributed by atoms with Gasteiger partial charge in [0.2, 0.25) is 0 Å². The van der Waals surface area contributed by atoms with Crippen LogP contribution in [-0.4, -0.2) is 18.3 Å². The molecule has 1 radical (unpaired) electrons. The molecule has 0 aliphatic heterocycles. The van der Waals surface area contributed by atoms with Gasteiger partial charge in [0.15, 0.2) is 0 Å². The number of urea groups is 1. The predicted octanol–water partition coefficient (Wildman–Crippen LogP) is -0.896. The Labute approximate surface area is 53.2 Å². The van der Waals surface area contributed by atoms with Crippen LogP contribution in [0.4, 0.5) is 4.79 Å². The SMILES string of the molecule is NC(=O)N[N]CCS. The van der Waals surface area contributed by atoms with Gasteiger partial charge in [-0.3, -0.25) is 5.43 Å². The number of hydrogen-bond acceptors (Lipinski definition) is 2. The second kappa shape index (κ2) is 4.73. The molecule has 0 atom stereocenters. The van der Waals surface area contributed by atoms with E-state index < -0.39 is 6.03 Å². The van der Waals surface area contributed by atoms with E-state index in [0.717, 1.165) is 0 Å². The third-order valence-electron chi connectivity index (χ3n) is 0.401. The Bertz CT molecular complexity index is 76.9. The summed E-state index contributed by atoms with van der Waals surface area (Å²) in [6.07, 6.45) is 0. The molecule has 2 amide bonds. The molecule has 0 unspecified atom stereocenters. The molecule has 0 bridgehead atoms. The largest absolute Gasteiger partial charge is 0.351 e. The summed E-state index contributed by atoms with van der Waals surface area (Å²) in [7, 11) is 0. The van der Waals surface area contributed by atoms with Gasteiger partial charge >= 0.3 is 6.03 Å². The summed E-state index contributed by atoms with van der Waals surface area (Å²) in [5.41, 5.74) is 10.2. The Kier molecular flexibility index (Phi) is 4.48. The first-order chi connectivity index (χ1) is 3.77. The number of nitrogens with zero attached hydrogens (tertiary/aromatic N) is 1. The zero-order valence-corrected chi connectivity index (χ0v) is 5.19. The van der Waals surface area contributed by atoms with Crippen molar-refractivity contribution in [3.63, 3.8) is 0 Å². The van der Waals surface area contributed by atoms with Crippen molar-refractivity contribution in [3.8, 4) is 0 Å². The van der Waals surface area contributed by atoms with Crippen LogP contribution < -0.4 is 16.6 Å². The average molecular weight is 134 g/mol. The highest BCUT2D eigenvalue weighted by Gasteiger charge is 1.87. The number of hydrogen-bond donors (Lipinski definition) is 3. The van der Waals surface area contributed by atoms with Crippen molar-refractivity contribution in [1.82, 2.24) is 10.9 Å². The Morgan fingerprint density at radius 3 is 2.88 bits per heavy atom. The van der Waals surface area contributed by atoms with Gasteiger partial charge in [0.05, 0.1) is 0 Å². The standard InChI is InChI=1S/C3H8N3OS/c4-3(7)6-5-1-2-8/h8H,1-2H2,(H3,4,6,7). The fourth-order valence-electron chi connectivity index (χ4n) is 0.184. The van der Waals surface area contributed by atoms with Gasteiger partial charge in [-0.25, -0.2) is 4.79 Å². The van der Waals surface area contributed by atoms with Gasteiger partial charge in [-0.1, -0.05) is 0 Å². The Balaban J connectivity index is 2.82. The van der Waals surface area contributed by atoms with Gasteiger partial charge in [0.25, 0.3) is 0 Å². The van der Waals surface area contributed by atoms with E-state index in [1.807, 2.05) is 0 Å². The van der Waals surface area contributed by atoms with Gasteiger partial charge in [-0.2, -0.15) is 12.6 Å². The van der Waals surface area contributed by atoms with Crippen molar-refractivity contribution >= 4 is 18.7 Å². The second-order valence-corrected chi connectivity index (χ2v) is 1.53. The zero-order valence-electron chi connectivity index (χ0n) is 4.29. The molecule has 0 aromatic carbocycles. The molecule has 0 saturated carbocycles. The zero-order chi connectivity index (χ0) is 6.41. The van der Waals surface area contributed by atoms with Crippen molar-refractivity contribution in [2.75, 3.05) is 12.3 Å². The van der Waals surface area contributed by atoms with Crippen LogP contribution in [0.2, 0.25) is 0 Å². The highest BCUT2D eigenvalue weighted by Crippen LogP contribution is 1.65. The molecule has 0 aliphatic carbocycles. The number of carbonyl (C=O) groups excluding carboxylic acids is 1. The van der Waals surface area contributed by atoms with E-state index in [1.54, 1.807) is 0 Å². The van der Waals surface area contributed by atoms with Crippen molar-refractivity contribution < 1.29 is 4.79 Å². The molecule has 4 nitrogen and oxygen atoms in total. The molecular formula is C3H8N3OS. The quantitative estimate of drug-likeness (QED) is 0.261. The minimum Gasteiger partial charge on any atom is -0.351 e. The second-order valence-electron chi connectivity index (χ2n) is 1.08. The first kappa shape index (κ1) is 7.58. The molecule has 0 aromatic heterocycles. The summed E-state index contributed by atoms with van der Waals surface area (Å²) in [5.74, 6) is 0.611. The van der Waals surface area contributed by atoms with Crippen LogP contribution in [0, 0.1) is 0 Å². The maximum absolute atomic E-state index is 9.87.